The summed E-state index contributed by atoms with van der Waals surface area (Å²) in [5, 5.41) is 5.64. The van der Waals surface area contributed by atoms with E-state index in [4.69, 9.17) is 23.2 Å². The highest BCUT2D eigenvalue weighted by atomic mass is 35.5. The van der Waals surface area contributed by atoms with Crippen LogP contribution in [-0.2, 0) is 22.7 Å². The zero-order valence-electron chi connectivity index (χ0n) is 17.2. The molecule has 2 heterocycles. The van der Waals surface area contributed by atoms with E-state index in [1.165, 1.54) is 13.1 Å². The fourth-order valence-corrected chi connectivity index (χ4v) is 4.25. The number of hydrogen-bond donors (Lipinski definition) is 2. The summed E-state index contributed by atoms with van der Waals surface area (Å²) < 4.78 is 0. The number of nitrogens with zero attached hydrogens (tertiary/aromatic N) is 2. The number of rotatable bonds is 3. The van der Waals surface area contributed by atoms with E-state index in [0.717, 1.165) is 16.0 Å². The minimum atomic E-state index is -0.619. The molecule has 2 aromatic carbocycles. The predicted molar refractivity (Wildman–Crippen MR) is 119 cm³/mol. The van der Waals surface area contributed by atoms with Crippen LogP contribution in [0.1, 0.15) is 34.3 Å². The van der Waals surface area contributed by atoms with E-state index in [0.29, 0.717) is 35.8 Å². The first-order valence-electron chi connectivity index (χ1n) is 9.97. The van der Waals surface area contributed by atoms with Crippen molar-refractivity contribution in [2.24, 2.45) is 0 Å². The SMILES string of the molecule is CN(C(=O)Nc1ccc(Cl)c(Cl)c1)C(=O)c1cccc2c1CN(C1CCC(=O)NC1=O)C2. The first-order chi connectivity index (χ1) is 15.2. The molecule has 1 saturated heterocycles. The molecule has 0 saturated carbocycles. The normalized spacial score (nSPS) is 18.2. The van der Waals surface area contributed by atoms with Crippen molar-refractivity contribution in [2.75, 3.05) is 12.4 Å². The van der Waals surface area contributed by atoms with Gasteiger partial charge in [-0.15, -0.1) is 0 Å². The number of carbonyl (C=O) groups excluding carboxylic acids is 4. The molecular weight excluding hydrogens is 455 g/mol. The molecule has 2 aliphatic rings. The molecule has 0 bridgehead atoms. The third kappa shape index (κ3) is 4.34. The molecule has 2 aromatic rings. The molecule has 32 heavy (non-hydrogen) atoms. The lowest BCUT2D eigenvalue weighted by Crippen LogP contribution is -2.50. The van der Waals surface area contributed by atoms with Gasteiger partial charge in [-0.25, -0.2) is 4.79 Å². The van der Waals surface area contributed by atoms with Gasteiger partial charge in [-0.05, 0) is 41.8 Å². The number of halogens is 2. The maximum atomic E-state index is 13.1. The number of imide groups is 2. The van der Waals surface area contributed by atoms with Gasteiger partial charge in [0.2, 0.25) is 11.8 Å². The zero-order chi connectivity index (χ0) is 23.0. The van der Waals surface area contributed by atoms with Crippen molar-refractivity contribution in [1.82, 2.24) is 15.1 Å². The monoisotopic (exact) mass is 474 g/mol. The molecule has 1 unspecified atom stereocenters. The van der Waals surface area contributed by atoms with Crippen molar-refractivity contribution in [3.63, 3.8) is 0 Å². The van der Waals surface area contributed by atoms with E-state index < -0.39 is 18.0 Å². The van der Waals surface area contributed by atoms with Crippen LogP contribution >= 0.6 is 23.2 Å². The van der Waals surface area contributed by atoms with Gasteiger partial charge in [0.1, 0.15) is 0 Å². The van der Waals surface area contributed by atoms with Crippen molar-refractivity contribution in [3.8, 4) is 0 Å². The number of fused-ring (bicyclic) bond motifs is 1. The zero-order valence-corrected chi connectivity index (χ0v) is 18.7. The Morgan fingerprint density at radius 1 is 1.12 bits per heavy atom. The number of amides is 5. The summed E-state index contributed by atoms with van der Waals surface area (Å²) in [4.78, 5) is 52.4. The molecule has 0 aromatic heterocycles. The van der Waals surface area contributed by atoms with Crippen molar-refractivity contribution in [2.45, 2.75) is 32.0 Å². The molecule has 0 aliphatic carbocycles. The van der Waals surface area contributed by atoms with Gasteiger partial charge in [0.25, 0.3) is 5.91 Å². The van der Waals surface area contributed by atoms with Crippen molar-refractivity contribution < 1.29 is 19.2 Å². The van der Waals surface area contributed by atoms with E-state index >= 15 is 0 Å². The summed E-state index contributed by atoms with van der Waals surface area (Å²) in [5.74, 6) is -1.06. The minimum absolute atomic E-state index is 0.270. The molecule has 2 aliphatic heterocycles. The first kappa shape index (κ1) is 22.3. The maximum absolute atomic E-state index is 13.1. The number of urea groups is 1. The minimum Gasteiger partial charge on any atom is -0.307 e. The molecule has 0 radical (unpaired) electrons. The molecule has 0 spiro atoms. The van der Waals surface area contributed by atoms with Crippen LogP contribution in [0.25, 0.3) is 0 Å². The van der Waals surface area contributed by atoms with Gasteiger partial charge in [0.05, 0.1) is 16.1 Å². The Morgan fingerprint density at radius 3 is 2.62 bits per heavy atom. The van der Waals surface area contributed by atoms with Gasteiger partial charge in [0.15, 0.2) is 0 Å². The van der Waals surface area contributed by atoms with Gasteiger partial charge in [-0.2, -0.15) is 0 Å². The lowest BCUT2D eigenvalue weighted by Gasteiger charge is -2.29. The van der Waals surface area contributed by atoms with Crippen LogP contribution in [0.5, 0.6) is 0 Å². The average molecular weight is 475 g/mol. The summed E-state index contributed by atoms with van der Waals surface area (Å²) in [6, 6.07) is 8.90. The smallest absolute Gasteiger partial charge is 0.307 e. The Kier molecular flexibility index (Phi) is 6.19. The standard InChI is InChI=1S/C22H20Cl2N4O4/c1-27(22(32)25-13-5-6-16(23)17(24)9-13)21(31)14-4-2-3-12-10-28(11-15(12)14)18-7-8-19(29)26-20(18)30/h2-6,9,18H,7-8,10-11H2,1H3,(H,25,32)(H,26,29,30). The number of hydrogen-bond acceptors (Lipinski definition) is 5. The number of piperidine rings is 1. The second-order valence-electron chi connectivity index (χ2n) is 7.74. The van der Waals surface area contributed by atoms with Crippen LogP contribution in [0.4, 0.5) is 10.5 Å². The van der Waals surface area contributed by atoms with Crippen LogP contribution in [0, 0.1) is 0 Å². The molecule has 10 heteroatoms. The van der Waals surface area contributed by atoms with Gasteiger partial charge < -0.3 is 5.32 Å². The van der Waals surface area contributed by atoms with Gasteiger partial charge in [-0.3, -0.25) is 29.5 Å². The number of anilines is 1. The second-order valence-corrected chi connectivity index (χ2v) is 8.55. The highest BCUT2D eigenvalue weighted by molar-refractivity contribution is 6.42. The summed E-state index contributed by atoms with van der Waals surface area (Å²) >= 11 is 11.9. The molecule has 2 N–H and O–H groups in total. The Bertz CT molecular complexity index is 1140. The quantitative estimate of drug-likeness (QED) is 0.663. The van der Waals surface area contributed by atoms with E-state index in [9.17, 15) is 19.2 Å². The first-order valence-corrected chi connectivity index (χ1v) is 10.7. The maximum Gasteiger partial charge on any atom is 0.328 e. The van der Waals surface area contributed by atoms with Gasteiger partial charge in [-0.1, -0.05) is 35.3 Å². The van der Waals surface area contributed by atoms with Crippen LogP contribution < -0.4 is 10.6 Å². The number of carbonyl (C=O) groups is 4. The average Bonchev–Trinajstić information content (AvgIpc) is 3.19. The van der Waals surface area contributed by atoms with Gasteiger partial charge >= 0.3 is 6.03 Å². The van der Waals surface area contributed by atoms with Crippen LogP contribution in [-0.4, -0.2) is 46.6 Å². The summed E-state index contributed by atoms with van der Waals surface area (Å²) in [6.07, 6.45) is 0.723. The fourth-order valence-electron chi connectivity index (χ4n) is 3.95. The molecule has 1 fully saturated rings. The lowest BCUT2D eigenvalue weighted by molar-refractivity contribution is -0.137. The Hall–Kier alpha value is -2.94. The fraction of sp³-hybridized carbons (Fsp3) is 0.273. The lowest BCUT2D eigenvalue weighted by atomic mass is 10.0. The van der Waals surface area contributed by atoms with Gasteiger partial charge in [0, 0.05) is 37.8 Å². The van der Waals surface area contributed by atoms with Crippen LogP contribution in [0.3, 0.4) is 0 Å². The van der Waals surface area contributed by atoms with Crippen LogP contribution in [0.15, 0.2) is 36.4 Å². The Balaban J connectivity index is 1.49. The number of nitrogens with one attached hydrogen (secondary N) is 2. The predicted octanol–water partition coefficient (Wildman–Crippen LogP) is 3.42. The summed E-state index contributed by atoms with van der Waals surface area (Å²) in [6.45, 7) is 0.869. The van der Waals surface area contributed by atoms with Crippen molar-refractivity contribution >= 4 is 52.6 Å². The Morgan fingerprint density at radius 2 is 1.91 bits per heavy atom. The van der Waals surface area contributed by atoms with E-state index in [1.54, 1.807) is 24.3 Å². The van der Waals surface area contributed by atoms with E-state index in [2.05, 4.69) is 10.6 Å². The largest absolute Gasteiger partial charge is 0.328 e. The Labute approximate surface area is 194 Å². The molecule has 8 nitrogen and oxygen atoms in total. The second kappa shape index (κ2) is 8.90. The molecular formula is C22H20Cl2N4O4. The highest BCUT2D eigenvalue weighted by Gasteiger charge is 2.36. The molecule has 166 valence electrons. The molecule has 1 atom stereocenters. The summed E-state index contributed by atoms with van der Waals surface area (Å²) in [5.41, 5.74) is 2.49. The van der Waals surface area contributed by atoms with E-state index in [1.807, 2.05) is 11.0 Å². The van der Waals surface area contributed by atoms with Crippen molar-refractivity contribution in [3.05, 3.63) is 63.1 Å². The third-order valence-electron chi connectivity index (χ3n) is 5.67. The van der Waals surface area contributed by atoms with Crippen molar-refractivity contribution in [1.29, 1.82) is 0 Å². The topological polar surface area (TPSA) is 98.8 Å². The highest BCUT2D eigenvalue weighted by Crippen LogP contribution is 2.30. The van der Waals surface area contributed by atoms with E-state index in [-0.39, 0.29) is 23.3 Å². The number of benzene rings is 2. The van der Waals surface area contributed by atoms with Crippen LogP contribution in [0.2, 0.25) is 10.0 Å². The third-order valence-corrected chi connectivity index (χ3v) is 6.41. The molecule has 4 rings (SSSR count). The summed E-state index contributed by atoms with van der Waals surface area (Å²) in [7, 11) is 1.39. The molecule has 5 amide bonds.